The van der Waals surface area contributed by atoms with Crippen LogP contribution in [0.2, 0.25) is 0 Å². The van der Waals surface area contributed by atoms with E-state index in [-0.39, 0.29) is 11.8 Å². The third kappa shape index (κ3) is 3.41. The number of aromatic nitrogens is 2. The first-order valence-electron chi connectivity index (χ1n) is 10.2. The molecule has 0 unspecified atom stereocenters. The Morgan fingerprint density at radius 3 is 2.73 bits per heavy atom. The Balaban J connectivity index is 1.38. The van der Waals surface area contributed by atoms with Crippen molar-refractivity contribution >= 4 is 5.91 Å². The summed E-state index contributed by atoms with van der Waals surface area (Å²) in [4.78, 5) is 17.1. The first-order valence-corrected chi connectivity index (χ1v) is 10.2. The van der Waals surface area contributed by atoms with Crippen LogP contribution in [0.25, 0.3) is 0 Å². The number of hydrogen-bond donors (Lipinski definition) is 1. The minimum absolute atomic E-state index is 0.161. The monoisotopic (exact) mass is 360 g/mol. The van der Waals surface area contributed by atoms with E-state index in [9.17, 15) is 9.90 Å². The van der Waals surface area contributed by atoms with Crippen LogP contribution >= 0.6 is 0 Å². The van der Waals surface area contributed by atoms with Gasteiger partial charge in [0.05, 0.1) is 11.8 Å². The highest BCUT2D eigenvalue weighted by Gasteiger charge is 2.46. The highest BCUT2D eigenvalue weighted by molar-refractivity contribution is 5.79. The molecule has 1 aromatic rings. The molecule has 1 amide bonds. The molecule has 2 aliphatic heterocycles. The molecule has 0 spiro atoms. The predicted octanol–water partition coefficient (Wildman–Crippen LogP) is 2.05. The molecular formula is C20H32N4O2. The van der Waals surface area contributed by atoms with Crippen molar-refractivity contribution in [2.45, 2.75) is 64.1 Å². The largest absolute Gasteiger partial charge is 0.389 e. The minimum Gasteiger partial charge on any atom is -0.389 e. The van der Waals surface area contributed by atoms with E-state index in [0.717, 1.165) is 51.9 Å². The summed E-state index contributed by atoms with van der Waals surface area (Å²) >= 11 is 0. The SMILES string of the molecule is CC(C)n1cc(CN2CC[C@@]3(O)CCN(C(=O)C4CCC4)C[C@H]3C2)cn1. The van der Waals surface area contributed by atoms with Gasteiger partial charge in [0.15, 0.2) is 0 Å². The van der Waals surface area contributed by atoms with Gasteiger partial charge in [0.1, 0.15) is 0 Å². The summed E-state index contributed by atoms with van der Waals surface area (Å²) in [6.07, 6.45) is 8.91. The molecule has 3 aliphatic rings. The van der Waals surface area contributed by atoms with Crippen LogP contribution in [0.15, 0.2) is 12.4 Å². The van der Waals surface area contributed by atoms with E-state index in [2.05, 4.69) is 30.0 Å². The number of hydrogen-bond acceptors (Lipinski definition) is 4. The van der Waals surface area contributed by atoms with Crippen molar-refractivity contribution in [1.29, 1.82) is 0 Å². The van der Waals surface area contributed by atoms with Crippen LogP contribution in [0.1, 0.15) is 57.6 Å². The van der Waals surface area contributed by atoms with Crippen LogP contribution in [0.4, 0.5) is 0 Å². The third-order valence-corrected chi connectivity index (χ3v) is 6.71. The van der Waals surface area contributed by atoms with Crippen molar-refractivity contribution in [3.05, 3.63) is 18.0 Å². The normalized spacial score (nSPS) is 30.3. The fourth-order valence-corrected chi connectivity index (χ4v) is 4.63. The topological polar surface area (TPSA) is 61.6 Å². The maximum Gasteiger partial charge on any atom is 0.225 e. The second-order valence-electron chi connectivity index (χ2n) is 8.87. The van der Waals surface area contributed by atoms with E-state index in [1.165, 1.54) is 12.0 Å². The van der Waals surface area contributed by atoms with Gasteiger partial charge in [-0.25, -0.2) is 0 Å². The lowest BCUT2D eigenvalue weighted by atomic mass is 9.75. The Kier molecular flexibility index (Phi) is 4.82. The molecule has 0 bridgehead atoms. The molecule has 4 rings (SSSR count). The summed E-state index contributed by atoms with van der Waals surface area (Å²) in [5.41, 5.74) is 0.636. The van der Waals surface area contributed by atoms with Gasteiger partial charge in [-0.05, 0) is 39.5 Å². The number of carbonyl (C=O) groups excluding carboxylic acids is 1. The maximum atomic E-state index is 12.6. The predicted molar refractivity (Wildman–Crippen MR) is 99.5 cm³/mol. The fourth-order valence-electron chi connectivity index (χ4n) is 4.63. The Morgan fingerprint density at radius 2 is 2.08 bits per heavy atom. The van der Waals surface area contributed by atoms with Crippen LogP contribution in [0.3, 0.4) is 0 Å². The van der Waals surface area contributed by atoms with E-state index < -0.39 is 5.60 Å². The summed E-state index contributed by atoms with van der Waals surface area (Å²) in [6.45, 7) is 8.35. The number of nitrogens with zero attached hydrogens (tertiary/aromatic N) is 4. The van der Waals surface area contributed by atoms with Crippen LogP contribution in [0, 0.1) is 11.8 Å². The zero-order chi connectivity index (χ0) is 18.3. The van der Waals surface area contributed by atoms with Gasteiger partial charge < -0.3 is 10.0 Å². The summed E-state index contributed by atoms with van der Waals surface area (Å²) < 4.78 is 2.00. The van der Waals surface area contributed by atoms with E-state index in [4.69, 9.17) is 0 Å². The van der Waals surface area contributed by atoms with E-state index in [1.807, 2.05) is 15.8 Å². The number of likely N-dealkylation sites (tertiary alicyclic amines) is 2. The molecule has 6 heteroatoms. The van der Waals surface area contributed by atoms with Gasteiger partial charge >= 0.3 is 0 Å². The molecule has 144 valence electrons. The number of carbonyl (C=O) groups is 1. The second-order valence-corrected chi connectivity index (χ2v) is 8.87. The van der Waals surface area contributed by atoms with Crippen LogP contribution in [-0.2, 0) is 11.3 Å². The molecule has 0 radical (unpaired) electrons. The van der Waals surface area contributed by atoms with Crippen molar-refractivity contribution in [2.75, 3.05) is 26.2 Å². The van der Waals surface area contributed by atoms with E-state index in [1.54, 1.807) is 0 Å². The second kappa shape index (κ2) is 6.97. The summed E-state index contributed by atoms with van der Waals surface area (Å²) in [5.74, 6) is 0.741. The quantitative estimate of drug-likeness (QED) is 0.893. The van der Waals surface area contributed by atoms with Gasteiger partial charge in [-0.3, -0.25) is 14.4 Å². The lowest BCUT2D eigenvalue weighted by Gasteiger charge is -2.51. The minimum atomic E-state index is -0.588. The number of aliphatic hydroxyl groups is 1. The Bertz CT molecular complexity index is 654. The van der Waals surface area contributed by atoms with Gasteiger partial charge in [0.25, 0.3) is 0 Å². The van der Waals surface area contributed by atoms with Crippen LogP contribution in [0.5, 0.6) is 0 Å². The lowest BCUT2D eigenvalue weighted by molar-refractivity contribution is -0.153. The highest BCUT2D eigenvalue weighted by Crippen LogP contribution is 2.37. The summed E-state index contributed by atoms with van der Waals surface area (Å²) in [5, 5.41) is 15.5. The first kappa shape index (κ1) is 18.0. The van der Waals surface area contributed by atoms with Gasteiger partial charge in [-0.15, -0.1) is 0 Å². The molecule has 1 saturated carbocycles. The number of rotatable bonds is 4. The Labute approximate surface area is 156 Å². The Morgan fingerprint density at radius 1 is 1.31 bits per heavy atom. The zero-order valence-electron chi connectivity index (χ0n) is 16.1. The molecule has 2 atom stereocenters. The van der Waals surface area contributed by atoms with Crippen molar-refractivity contribution < 1.29 is 9.90 Å². The average Bonchev–Trinajstić information content (AvgIpc) is 3.02. The number of piperidine rings is 2. The molecule has 2 saturated heterocycles. The smallest absolute Gasteiger partial charge is 0.225 e. The van der Waals surface area contributed by atoms with Crippen molar-refractivity contribution in [3.8, 4) is 0 Å². The Hall–Kier alpha value is -1.40. The average molecular weight is 361 g/mol. The fraction of sp³-hybridized carbons (Fsp3) is 0.800. The van der Waals surface area contributed by atoms with Crippen molar-refractivity contribution in [3.63, 3.8) is 0 Å². The lowest BCUT2D eigenvalue weighted by Crippen LogP contribution is -2.61. The first-order chi connectivity index (χ1) is 12.4. The van der Waals surface area contributed by atoms with Crippen LogP contribution in [-0.4, -0.2) is 62.4 Å². The van der Waals surface area contributed by atoms with Gasteiger partial charge in [0.2, 0.25) is 5.91 Å². The zero-order valence-corrected chi connectivity index (χ0v) is 16.1. The molecule has 6 nitrogen and oxygen atoms in total. The highest BCUT2D eigenvalue weighted by atomic mass is 16.3. The van der Waals surface area contributed by atoms with Crippen molar-refractivity contribution in [2.24, 2.45) is 11.8 Å². The molecule has 1 aliphatic carbocycles. The molecule has 26 heavy (non-hydrogen) atoms. The third-order valence-electron chi connectivity index (χ3n) is 6.71. The molecule has 3 heterocycles. The molecule has 1 N–H and O–H groups in total. The summed E-state index contributed by atoms with van der Waals surface area (Å²) in [6, 6.07) is 0.375. The molecule has 0 aromatic carbocycles. The standard InChI is InChI=1S/C20H32N4O2/c1-15(2)24-12-16(10-21-24)11-22-8-6-20(26)7-9-23(14-18(20)13-22)19(25)17-4-3-5-17/h10,12,15,17-18,26H,3-9,11,13-14H2,1-2H3/t18-,20-/m1/s1. The van der Waals surface area contributed by atoms with Gasteiger partial charge in [-0.2, -0.15) is 5.10 Å². The number of amides is 1. The maximum absolute atomic E-state index is 12.6. The number of fused-ring (bicyclic) bond motifs is 1. The van der Waals surface area contributed by atoms with E-state index >= 15 is 0 Å². The van der Waals surface area contributed by atoms with Crippen molar-refractivity contribution in [1.82, 2.24) is 19.6 Å². The molecule has 1 aromatic heterocycles. The molecular weight excluding hydrogens is 328 g/mol. The van der Waals surface area contributed by atoms with Crippen LogP contribution < -0.4 is 0 Å². The van der Waals surface area contributed by atoms with E-state index in [0.29, 0.717) is 18.5 Å². The summed E-state index contributed by atoms with van der Waals surface area (Å²) in [7, 11) is 0. The van der Waals surface area contributed by atoms with Gasteiger partial charge in [-0.1, -0.05) is 6.42 Å². The molecule has 3 fully saturated rings. The van der Waals surface area contributed by atoms with Gasteiger partial charge in [0, 0.05) is 62.4 Å².